The van der Waals surface area contributed by atoms with Gasteiger partial charge in [-0.1, -0.05) is 20.8 Å². The smallest absolute Gasteiger partial charge is 0.407 e. The van der Waals surface area contributed by atoms with Crippen LogP contribution in [0, 0.1) is 0 Å². The first-order valence-electron chi connectivity index (χ1n) is 9.02. The molecule has 1 N–H and O–H groups in total. The van der Waals surface area contributed by atoms with E-state index in [1.165, 1.54) is 11.2 Å². The molecule has 4 heterocycles. The molecule has 1 saturated heterocycles. The van der Waals surface area contributed by atoms with Gasteiger partial charge in [-0.3, -0.25) is 0 Å². The second kappa shape index (κ2) is 6.69. The molecule has 0 saturated carbocycles. The van der Waals surface area contributed by atoms with Gasteiger partial charge in [0.1, 0.15) is 12.4 Å². The standard InChI is InChI=1S/C18H22N6O3S/c1-18(2,3)16-19-7-11(28-16)13-22-12-14(23(13)4)20-9-21-15(12)27-10-5-6-24(8-10)17(25)26/h7,9-10H,5-6,8H2,1-4H3,(H,25,26). The van der Waals surface area contributed by atoms with E-state index in [1.54, 1.807) is 11.3 Å². The van der Waals surface area contributed by atoms with Crippen LogP contribution in [-0.2, 0) is 12.5 Å². The van der Waals surface area contributed by atoms with E-state index >= 15 is 0 Å². The summed E-state index contributed by atoms with van der Waals surface area (Å²) < 4.78 is 7.89. The highest BCUT2D eigenvalue weighted by Crippen LogP contribution is 2.34. The fraction of sp³-hybridized carbons (Fsp3) is 0.500. The minimum Gasteiger partial charge on any atom is -0.471 e. The van der Waals surface area contributed by atoms with Crippen molar-refractivity contribution in [3.05, 3.63) is 17.5 Å². The summed E-state index contributed by atoms with van der Waals surface area (Å²) in [6.07, 6.45) is 2.73. The number of ether oxygens (including phenoxy) is 1. The fourth-order valence-electron chi connectivity index (χ4n) is 3.17. The zero-order valence-corrected chi connectivity index (χ0v) is 17.0. The molecule has 1 aliphatic rings. The van der Waals surface area contributed by atoms with Crippen LogP contribution in [0.3, 0.4) is 0 Å². The molecule has 4 rings (SSSR count). The number of imidazole rings is 1. The number of rotatable bonds is 3. The van der Waals surface area contributed by atoms with E-state index in [0.717, 1.165) is 15.7 Å². The Balaban J connectivity index is 1.67. The van der Waals surface area contributed by atoms with Gasteiger partial charge in [-0.25, -0.2) is 19.7 Å². The maximum atomic E-state index is 11.1. The van der Waals surface area contributed by atoms with Crippen LogP contribution in [0.2, 0.25) is 0 Å². The van der Waals surface area contributed by atoms with Crippen molar-refractivity contribution in [1.29, 1.82) is 0 Å². The van der Waals surface area contributed by atoms with Crippen molar-refractivity contribution in [2.24, 2.45) is 7.05 Å². The average Bonchev–Trinajstić information content (AvgIpc) is 3.34. The third kappa shape index (κ3) is 3.28. The molecule has 0 aliphatic carbocycles. The first kappa shape index (κ1) is 18.6. The lowest BCUT2D eigenvalue weighted by Crippen LogP contribution is -2.29. The summed E-state index contributed by atoms with van der Waals surface area (Å²) in [5.41, 5.74) is 1.21. The molecule has 0 bridgehead atoms. The maximum absolute atomic E-state index is 11.1. The maximum Gasteiger partial charge on any atom is 0.407 e. The van der Waals surface area contributed by atoms with Gasteiger partial charge < -0.3 is 19.3 Å². The lowest BCUT2D eigenvalue weighted by Gasteiger charge is -2.13. The number of fused-ring (bicyclic) bond motifs is 1. The summed E-state index contributed by atoms with van der Waals surface area (Å²) in [7, 11) is 1.90. The molecule has 3 aromatic rings. The molecule has 0 radical (unpaired) electrons. The number of aryl methyl sites for hydroxylation is 1. The quantitative estimate of drug-likeness (QED) is 0.718. The number of likely N-dealkylation sites (tertiary alicyclic amines) is 1. The molecule has 1 fully saturated rings. The van der Waals surface area contributed by atoms with E-state index in [0.29, 0.717) is 36.6 Å². The van der Waals surface area contributed by atoms with Crippen LogP contribution in [0.25, 0.3) is 21.9 Å². The van der Waals surface area contributed by atoms with Crippen LogP contribution in [0.5, 0.6) is 5.88 Å². The summed E-state index contributed by atoms with van der Waals surface area (Å²) in [5, 5.41) is 10.2. The van der Waals surface area contributed by atoms with Gasteiger partial charge in [0.25, 0.3) is 0 Å². The number of aromatic nitrogens is 5. The molecular weight excluding hydrogens is 380 g/mol. The molecule has 9 nitrogen and oxygen atoms in total. The molecule has 0 aromatic carbocycles. The zero-order chi connectivity index (χ0) is 20.1. The third-order valence-electron chi connectivity index (χ3n) is 4.68. The molecule has 148 valence electrons. The topological polar surface area (TPSA) is 106 Å². The Kier molecular flexibility index (Phi) is 4.45. The number of hydrogen-bond acceptors (Lipinski definition) is 7. The molecule has 3 aromatic heterocycles. The number of nitrogens with zero attached hydrogens (tertiary/aromatic N) is 6. The van der Waals surface area contributed by atoms with Crippen LogP contribution in [0.4, 0.5) is 4.79 Å². The van der Waals surface area contributed by atoms with Gasteiger partial charge in [0.05, 0.1) is 16.4 Å². The summed E-state index contributed by atoms with van der Waals surface area (Å²) in [6, 6.07) is 0. The summed E-state index contributed by atoms with van der Waals surface area (Å²) in [6.45, 7) is 7.17. The average molecular weight is 402 g/mol. The summed E-state index contributed by atoms with van der Waals surface area (Å²) in [4.78, 5) is 31.3. The van der Waals surface area contributed by atoms with Crippen LogP contribution in [-0.4, -0.2) is 59.8 Å². The Morgan fingerprint density at radius 1 is 1.32 bits per heavy atom. The monoisotopic (exact) mass is 402 g/mol. The van der Waals surface area contributed by atoms with E-state index in [-0.39, 0.29) is 11.5 Å². The number of thiazole rings is 1. The Labute approximate surface area is 166 Å². The largest absolute Gasteiger partial charge is 0.471 e. The predicted molar refractivity (Wildman–Crippen MR) is 105 cm³/mol. The molecule has 1 unspecified atom stereocenters. The second-order valence-electron chi connectivity index (χ2n) is 7.88. The number of carboxylic acid groups (broad SMARTS) is 1. The van der Waals surface area contributed by atoms with Gasteiger partial charge in [0, 0.05) is 31.6 Å². The van der Waals surface area contributed by atoms with Gasteiger partial charge >= 0.3 is 6.09 Å². The SMILES string of the molecule is Cn1c(-c2cnc(C(C)(C)C)s2)nc2c(OC3CCN(C(=O)O)C3)ncnc21. The van der Waals surface area contributed by atoms with Gasteiger partial charge in [0.2, 0.25) is 5.88 Å². The Morgan fingerprint density at radius 3 is 2.75 bits per heavy atom. The highest BCUT2D eigenvalue weighted by atomic mass is 32.1. The molecule has 0 spiro atoms. The molecular formula is C18H22N6O3S. The van der Waals surface area contributed by atoms with Crippen molar-refractivity contribution in [3.63, 3.8) is 0 Å². The van der Waals surface area contributed by atoms with Gasteiger partial charge in [-0.05, 0) is 0 Å². The first-order chi connectivity index (χ1) is 13.2. The van der Waals surface area contributed by atoms with Crippen LogP contribution in [0.15, 0.2) is 12.5 Å². The number of carbonyl (C=O) groups is 1. The van der Waals surface area contributed by atoms with Gasteiger partial charge in [-0.15, -0.1) is 11.3 Å². The van der Waals surface area contributed by atoms with Crippen molar-refractivity contribution in [1.82, 2.24) is 29.4 Å². The van der Waals surface area contributed by atoms with Gasteiger partial charge in [0.15, 0.2) is 17.0 Å². The van der Waals surface area contributed by atoms with Crippen LogP contribution in [0.1, 0.15) is 32.2 Å². The lowest BCUT2D eigenvalue weighted by molar-refractivity contribution is 0.145. The highest BCUT2D eigenvalue weighted by molar-refractivity contribution is 7.15. The van der Waals surface area contributed by atoms with E-state index in [1.807, 2.05) is 17.8 Å². The minimum atomic E-state index is -0.932. The van der Waals surface area contributed by atoms with E-state index in [2.05, 4.69) is 35.7 Å². The third-order valence-corrected chi connectivity index (χ3v) is 6.10. The Bertz CT molecular complexity index is 1040. The minimum absolute atomic E-state index is 0.0277. The Morgan fingerprint density at radius 2 is 2.11 bits per heavy atom. The number of amides is 1. The fourth-order valence-corrected chi connectivity index (χ4v) is 4.16. The number of hydrogen-bond donors (Lipinski definition) is 1. The molecule has 10 heteroatoms. The van der Waals surface area contributed by atoms with E-state index < -0.39 is 6.09 Å². The van der Waals surface area contributed by atoms with Gasteiger partial charge in [-0.2, -0.15) is 4.98 Å². The first-order valence-corrected chi connectivity index (χ1v) is 9.84. The normalized spacial score (nSPS) is 17.4. The van der Waals surface area contributed by atoms with Crippen molar-refractivity contribution < 1.29 is 14.6 Å². The molecule has 1 aliphatic heterocycles. The van der Waals surface area contributed by atoms with Crippen molar-refractivity contribution in [2.75, 3.05) is 13.1 Å². The molecule has 1 atom stereocenters. The summed E-state index contributed by atoms with van der Waals surface area (Å²) >= 11 is 1.61. The van der Waals surface area contributed by atoms with Crippen molar-refractivity contribution in [3.8, 4) is 16.6 Å². The lowest BCUT2D eigenvalue weighted by atomic mass is 9.98. The second-order valence-corrected chi connectivity index (χ2v) is 8.91. The van der Waals surface area contributed by atoms with Crippen molar-refractivity contribution in [2.45, 2.75) is 38.7 Å². The Hall–Kier alpha value is -2.75. The summed E-state index contributed by atoms with van der Waals surface area (Å²) in [5.74, 6) is 1.14. The van der Waals surface area contributed by atoms with Crippen LogP contribution < -0.4 is 4.74 Å². The van der Waals surface area contributed by atoms with Crippen molar-refractivity contribution >= 4 is 28.6 Å². The highest BCUT2D eigenvalue weighted by Gasteiger charge is 2.29. The molecule has 28 heavy (non-hydrogen) atoms. The van der Waals surface area contributed by atoms with E-state index in [4.69, 9.17) is 14.8 Å². The predicted octanol–water partition coefficient (Wildman–Crippen LogP) is 2.92. The van der Waals surface area contributed by atoms with Crippen LogP contribution >= 0.6 is 11.3 Å². The molecule has 1 amide bonds. The van der Waals surface area contributed by atoms with E-state index in [9.17, 15) is 4.79 Å². The zero-order valence-electron chi connectivity index (χ0n) is 16.2.